The maximum absolute atomic E-state index is 12.7. The third kappa shape index (κ3) is 4.26. The van der Waals surface area contributed by atoms with Crippen LogP contribution < -0.4 is 11.1 Å². The summed E-state index contributed by atoms with van der Waals surface area (Å²) in [6, 6.07) is 5.37. The number of amides is 2. The maximum atomic E-state index is 12.7. The number of anilines is 1. The van der Waals surface area contributed by atoms with E-state index >= 15 is 0 Å². The van der Waals surface area contributed by atoms with Gasteiger partial charge in [-0.15, -0.1) is 12.4 Å². The first kappa shape index (κ1) is 20.4. The summed E-state index contributed by atoms with van der Waals surface area (Å²) in [5.41, 5.74) is 7.35. The zero-order chi connectivity index (χ0) is 17.0. The number of rotatable bonds is 4. The van der Waals surface area contributed by atoms with Gasteiger partial charge in [-0.05, 0) is 37.5 Å². The van der Waals surface area contributed by atoms with Crippen LogP contribution in [0.1, 0.15) is 28.8 Å². The van der Waals surface area contributed by atoms with Gasteiger partial charge in [-0.2, -0.15) is 0 Å². The van der Waals surface area contributed by atoms with Gasteiger partial charge in [0.25, 0.3) is 5.91 Å². The van der Waals surface area contributed by atoms with Crippen molar-refractivity contribution in [3.8, 4) is 0 Å². The summed E-state index contributed by atoms with van der Waals surface area (Å²) < 4.78 is 5.33. The number of halogens is 1. The first-order valence-corrected chi connectivity index (χ1v) is 7.81. The number of carbonyl (C=O) groups is 2. The number of hydrogen-bond acceptors (Lipinski definition) is 4. The van der Waals surface area contributed by atoms with Crippen LogP contribution in [0.2, 0.25) is 0 Å². The molecule has 0 radical (unpaired) electrons. The number of carbonyl (C=O) groups excluding carboxylic acids is 2. The molecule has 0 aromatic heterocycles. The van der Waals surface area contributed by atoms with Gasteiger partial charge in [-0.3, -0.25) is 9.59 Å². The third-order valence-corrected chi connectivity index (χ3v) is 4.45. The number of benzene rings is 1. The molecule has 3 N–H and O–H groups in total. The van der Waals surface area contributed by atoms with Crippen molar-refractivity contribution in [2.24, 2.45) is 11.1 Å². The summed E-state index contributed by atoms with van der Waals surface area (Å²) in [6.45, 7) is 3.26. The van der Waals surface area contributed by atoms with Gasteiger partial charge in [0.1, 0.15) is 0 Å². The van der Waals surface area contributed by atoms with Crippen molar-refractivity contribution in [3.05, 3.63) is 29.3 Å². The monoisotopic (exact) mass is 355 g/mol. The lowest BCUT2D eigenvalue weighted by atomic mass is 9.79. The summed E-state index contributed by atoms with van der Waals surface area (Å²) in [5, 5.41) is 2.92. The van der Waals surface area contributed by atoms with E-state index in [2.05, 4.69) is 5.32 Å². The lowest BCUT2D eigenvalue weighted by molar-refractivity contribution is -0.130. The first-order chi connectivity index (χ1) is 10.9. The van der Waals surface area contributed by atoms with Gasteiger partial charge < -0.3 is 20.7 Å². The highest BCUT2D eigenvalue weighted by Gasteiger charge is 2.38. The quantitative estimate of drug-likeness (QED) is 0.862. The summed E-state index contributed by atoms with van der Waals surface area (Å²) >= 11 is 0. The Kier molecular flexibility index (Phi) is 7.20. The molecule has 1 fully saturated rings. The number of hydrogen-bond donors (Lipinski definition) is 2. The molecular weight excluding hydrogens is 330 g/mol. The Bertz CT molecular complexity index is 599. The second kappa shape index (κ2) is 8.46. The van der Waals surface area contributed by atoms with Gasteiger partial charge in [-0.25, -0.2) is 0 Å². The molecular formula is C17H26ClN3O3. The van der Waals surface area contributed by atoms with Crippen LogP contribution in [0.15, 0.2) is 18.2 Å². The molecule has 2 amide bonds. The molecule has 0 atom stereocenters. The van der Waals surface area contributed by atoms with Crippen LogP contribution in [0, 0.1) is 12.3 Å². The Morgan fingerprint density at radius 1 is 1.29 bits per heavy atom. The largest absolute Gasteiger partial charge is 0.381 e. The Labute approximate surface area is 149 Å². The molecule has 0 aliphatic carbocycles. The average Bonchev–Trinajstić information content (AvgIpc) is 2.56. The summed E-state index contributed by atoms with van der Waals surface area (Å²) in [6.07, 6.45) is 1.23. The van der Waals surface area contributed by atoms with Crippen molar-refractivity contribution >= 4 is 29.9 Å². The van der Waals surface area contributed by atoms with E-state index in [0.29, 0.717) is 37.3 Å². The van der Waals surface area contributed by atoms with Crippen molar-refractivity contribution in [3.63, 3.8) is 0 Å². The van der Waals surface area contributed by atoms with Gasteiger partial charge in [0.05, 0.1) is 5.41 Å². The summed E-state index contributed by atoms with van der Waals surface area (Å²) in [4.78, 5) is 26.4. The highest BCUT2D eigenvalue weighted by molar-refractivity contribution is 5.99. The van der Waals surface area contributed by atoms with Crippen molar-refractivity contribution in [1.82, 2.24) is 4.90 Å². The number of aryl methyl sites for hydroxylation is 1. The molecule has 7 heteroatoms. The fraction of sp³-hybridized carbons (Fsp3) is 0.529. The van der Waals surface area contributed by atoms with Crippen molar-refractivity contribution in [2.45, 2.75) is 19.8 Å². The fourth-order valence-electron chi connectivity index (χ4n) is 2.72. The second-order valence-electron chi connectivity index (χ2n) is 6.28. The van der Waals surface area contributed by atoms with Crippen molar-refractivity contribution in [2.75, 3.05) is 39.2 Å². The summed E-state index contributed by atoms with van der Waals surface area (Å²) in [7, 11) is 3.41. The lowest BCUT2D eigenvalue weighted by Crippen LogP contribution is -2.46. The van der Waals surface area contributed by atoms with Crippen LogP contribution in [-0.2, 0) is 9.53 Å². The van der Waals surface area contributed by atoms with E-state index in [0.717, 1.165) is 5.56 Å². The van der Waals surface area contributed by atoms with E-state index in [4.69, 9.17) is 10.5 Å². The molecule has 1 aliphatic heterocycles. The molecule has 2 rings (SSSR count). The van der Waals surface area contributed by atoms with Crippen LogP contribution in [0.4, 0.5) is 5.69 Å². The van der Waals surface area contributed by atoms with E-state index in [9.17, 15) is 9.59 Å². The van der Waals surface area contributed by atoms with Crippen molar-refractivity contribution < 1.29 is 14.3 Å². The molecule has 6 nitrogen and oxygen atoms in total. The molecule has 24 heavy (non-hydrogen) atoms. The van der Waals surface area contributed by atoms with Crippen LogP contribution in [0.5, 0.6) is 0 Å². The van der Waals surface area contributed by atoms with Gasteiger partial charge in [-0.1, -0.05) is 6.07 Å². The molecule has 1 aromatic rings. The predicted octanol–water partition coefficient (Wildman–Crippen LogP) is 1.81. The molecule has 1 aliphatic rings. The van der Waals surface area contributed by atoms with Crippen LogP contribution in [0.3, 0.4) is 0 Å². The van der Waals surface area contributed by atoms with E-state index in [1.54, 1.807) is 20.2 Å². The second-order valence-corrected chi connectivity index (χ2v) is 6.28. The molecule has 0 spiro atoms. The van der Waals surface area contributed by atoms with E-state index < -0.39 is 5.41 Å². The minimum Gasteiger partial charge on any atom is -0.381 e. The van der Waals surface area contributed by atoms with Gasteiger partial charge >= 0.3 is 0 Å². The Morgan fingerprint density at radius 3 is 2.46 bits per heavy atom. The number of nitrogens with zero attached hydrogens (tertiary/aromatic N) is 1. The number of nitrogens with two attached hydrogens (primary N) is 1. The lowest BCUT2D eigenvalue weighted by Gasteiger charge is -2.34. The SMILES string of the molecule is Cc1ccc(NC(=O)C2(CN)CCOCC2)cc1C(=O)N(C)C.Cl. The Hall–Kier alpha value is -1.63. The fourth-order valence-corrected chi connectivity index (χ4v) is 2.72. The van der Waals surface area contributed by atoms with E-state index in [1.807, 2.05) is 19.1 Å². The zero-order valence-electron chi connectivity index (χ0n) is 14.4. The topological polar surface area (TPSA) is 84.7 Å². The average molecular weight is 356 g/mol. The smallest absolute Gasteiger partial charge is 0.253 e. The zero-order valence-corrected chi connectivity index (χ0v) is 15.2. The molecule has 0 unspecified atom stereocenters. The molecule has 1 saturated heterocycles. The Morgan fingerprint density at radius 2 is 1.92 bits per heavy atom. The standard InChI is InChI=1S/C17H25N3O3.ClH/c1-12-4-5-13(10-14(12)15(21)20(2)3)19-16(22)17(11-18)6-8-23-9-7-17;/h4-5,10H,6-9,11,18H2,1-3H3,(H,19,22);1H. The molecule has 1 heterocycles. The predicted molar refractivity (Wildman–Crippen MR) is 96.6 cm³/mol. The van der Waals surface area contributed by atoms with Crippen molar-refractivity contribution in [1.29, 1.82) is 0 Å². The normalized spacial score (nSPS) is 16.0. The van der Waals surface area contributed by atoms with E-state index in [-0.39, 0.29) is 30.8 Å². The number of ether oxygens (including phenoxy) is 1. The molecule has 0 saturated carbocycles. The molecule has 1 aromatic carbocycles. The number of nitrogens with one attached hydrogen (secondary N) is 1. The van der Waals surface area contributed by atoms with Gasteiger partial charge in [0.15, 0.2) is 0 Å². The highest BCUT2D eigenvalue weighted by atomic mass is 35.5. The van der Waals surface area contributed by atoms with Gasteiger partial charge in [0, 0.05) is 45.1 Å². The summed E-state index contributed by atoms with van der Waals surface area (Å²) in [5.74, 6) is -0.186. The molecule has 134 valence electrons. The van der Waals surface area contributed by atoms with Crippen LogP contribution >= 0.6 is 12.4 Å². The van der Waals surface area contributed by atoms with E-state index in [1.165, 1.54) is 4.90 Å². The highest BCUT2D eigenvalue weighted by Crippen LogP contribution is 2.31. The van der Waals surface area contributed by atoms with Crippen LogP contribution in [0.25, 0.3) is 0 Å². The first-order valence-electron chi connectivity index (χ1n) is 7.81. The third-order valence-electron chi connectivity index (χ3n) is 4.45. The van der Waals surface area contributed by atoms with Crippen LogP contribution in [-0.4, -0.2) is 50.6 Å². The van der Waals surface area contributed by atoms with Gasteiger partial charge in [0.2, 0.25) is 5.91 Å². The molecule has 0 bridgehead atoms. The Balaban J connectivity index is 0.00000288. The minimum atomic E-state index is -0.588. The maximum Gasteiger partial charge on any atom is 0.253 e. The minimum absolute atomic E-state index is 0.